The molecule has 1 N–H and O–H groups in total. The lowest BCUT2D eigenvalue weighted by atomic mass is 9.78. The van der Waals surface area contributed by atoms with Crippen molar-refractivity contribution in [1.29, 1.82) is 0 Å². The summed E-state index contributed by atoms with van der Waals surface area (Å²) in [5, 5.41) is 13.0. The van der Waals surface area contributed by atoms with Crippen LogP contribution in [0.15, 0.2) is 65.6 Å². The maximum Gasteiger partial charge on any atom is 0.312 e. The lowest BCUT2D eigenvalue weighted by Crippen LogP contribution is -2.53. The van der Waals surface area contributed by atoms with Gasteiger partial charge >= 0.3 is 5.97 Å². The summed E-state index contributed by atoms with van der Waals surface area (Å²) < 4.78 is 36.4. The molecule has 2 heterocycles. The normalized spacial score (nSPS) is 24.9. The van der Waals surface area contributed by atoms with E-state index < -0.39 is 15.9 Å². The van der Waals surface area contributed by atoms with Crippen molar-refractivity contribution in [3.63, 3.8) is 0 Å². The van der Waals surface area contributed by atoms with Crippen LogP contribution in [-0.2, 0) is 35.5 Å². The molecule has 0 spiro atoms. The van der Waals surface area contributed by atoms with Crippen LogP contribution < -0.4 is 0 Å². The van der Waals surface area contributed by atoms with Gasteiger partial charge in [-0.3, -0.25) is 9.63 Å². The zero-order valence-corrected chi connectivity index (χ0v) is 22.1. The van der Waals surface area contributed by atoms with Crippen LogP contribution in [-0.4, -0.2) is 68.8 Å². The van der Waals surface area contributed by atoms with Crippen molar-refractivity contribution < 1.29 is 32.6 Å². The van der Waals surface area contributed by atoms with Crippen molar-refractivity contribution >= 4 is 15.8 Å². The molecular formula is C28H37NO7S. The number of aliphatic hydroxyl groups excluding tert-OH is 1. The van der Waals surface area contributed by atoms with Crippen molar-refractivity contribution in [1.82, 2.24) is 5.06 Å². The summed E-state index contributed by atoms with van der Waals surface area (Å²) in [4.78, 5) is 18.6. The molecule has 5 atom stereocenters. The van der Waals surface area contributed by atoms with Crippen LogP contribution in [0.3, 0.4) is 0 Å². The summed E-state index contributed by atoms with van der Waals surface area (Å²) in [6, 6.07) is 18.0. The van der Waals surface area contributed by atoms with E-state index in [2.05, 4.69) is 0 Å². The number of nitrogens with zero attached hydrogens (tertiary/aromatic N) is 1. The molecule has 37 heavy (non-hydrogen) atoms. The number of sulfone groups is 1. The van der Waals surface area contributed by atoms with Crippen LogP contribution >= 0.6 is 0 Å². The number of ether oxygens (including phenoxy) is 2. The van der Waals surface area contributed by atoms with E-state index in [9.17, 15) is 18.3 Å². The largest absolute Gasteiger partial charge is 0.469 e. The van der Waals surface area contributed by atoms with Gasteiger partial charge in [0.1, 0.15) is 0 Å². The van der Waals surface area contributed by atoms with E-state index >= 15 is 0 Å². The Morgan fingerprint density at radius 1 is 1.11 bits per heavy atom. The van der Waals surface area contributed by atoms with Gasteiger partial charge in [-0.15, -0.1) is 0 Å². The van der Waals surface area contributed by atoms with E-state index in [0.717, 1.165) is 5.56 Å². The maximum absolute atomic E-state index is 12.8. The number of aliphatic hydroxyl groups is 1. The third-order valence-electron chi connectivity index (χ3n) is 7.49. The summed E-state index contributed by atoms with van der Waals surface area (Å²) >= 11 is 0. The number of fused-ring (bicyclic) bond motifs is 1. The molecule has 0 radical (unpaired) electrons. The molecule has 2 aliphatic rings. The van der Waals surface area contributed by atoms with Crippen LogP contribution in [0.2, 0.25) is 0 Å². The second-order valence-electron chi connectivity index (χ2n) is 9.83. The average Bonchev–Trinajstić information content (AvgIpc) is 3.36. The molecule has 4 rings (SSSR count). The molecule has 2 fully saturated rings. The molecule has 0 amide bonds. The minimum atomic E-state index is -3.41. The number of methoxy groups -OCH3 is 1. The molecular weight excluding hydrogens is 494 g/mol. The number of benzene rings is 2. The molecule has 9 heteroatoms. The van der Waals surface area contributed by atoms with Gasteiger partial charge in [-0.25, -0.2) is 8.42 Å². The third kappa shape index (κ3) is 6.97. The second-order valence-corrected chi connectivity index (χ2v) is 11.9. The van der Waals surface area contributed by atoms with Crippen molar-refractivity contribution in [2.24, 2.45) is 11.8 Å². The van der Waals surface area contributed by atoms with E-state index in [4.69, 9.17) is 14.3 Å². The van der Waals surface area contributed by atoms with Crippen LogP contribution in [0.1, 0.15) is 37.7 Å². The number of esters is 1. The molecule has 2 saturated heterocycles. The first kappa shape index (κ1) is 27.7. The summed E-state index contributed by atoms with van der Waals surface area (Å²) in [5.74, 6) is -0.790. The summed E-state index contributed by atoms with van der Waals surface area (Å²) in [7, 11) is -2.03. The highest BCUT2D eigenvalue weighted by atomic mass is 32.2. The van der Waals surface area contributed by atoms with Crippen molar-refractivity contribution in [3.8, 4) is 0 Å². The average molecular weight is 532 g/mol. The number of rotatable bonds is 12. The van der Waals surface area contributed by atoms with E-state index in [1.165, 1.54) is 7.11 Å². The van der Waals surface area contributed by atoms with Crippen molar-refractivity contribution in [3.05, 3.63) is 66.2 Å². The Bertz CT molecular complexity index is 1100. The van der Waals surface area contributed by atoms with Gasteiger partial charge in [0.25, 0.3) is 0 Å². The molecule has 0 aliphatic carbocycles. The molecule has 0 bridgehead atoms. The molecule has 2 unspecified atom stereocenters. The quantitative estimate of drug-likeness (QED) is 0.329. The monoisotopic (exact) mass is 531 g/mol. The lowest BCUT2D eigenvalue weighted by Gasteiger charge is -2.44. The van der Waals surface area contributed by atoms with E-state index in [1.807, 2.05) is 35.4 Å². The van der Waals surface area contributed by atoms with Gasteiger partial charge in [0.2, 0.25) is 0 Å². The summed E-state index contributed by atoms with van der Waals surface area (Å²) in [5.41, 5.74) is 1.08. The minimum Gasteiger partial charge on any atom is -0.469 e. The fourth-order valence-electron chi connectivity index (χ4n) is 5.54. The van der Waals surface area contributed by atoms with Crippen molar-refractivity contribution in [2.45, 2.75) is 61.8 Å². The van der Waals surface area contributed by atoms with E-state index in [-0.39, 0.29) is 42.2 Å². The predicted octanol–water partition coefficient (Wildman–Crippen LogP) is 3.39. The molecule has 202 valence electrons. The highest BCUT2D eigenvalue weighted by Crippen LogP contribution is 2.40. The van der Waals surface area contributed by atoms with Gasteiger partial charge in [-0.05, 0) is 49.8 Å². The molecule has 2 aromatic carbocycles. The number of piperidine rings is 1. The summed E-state index contributed by atoms with van der Waals surface area (Å²) in [6.45, 7) is 1.13. The first-order chi connectivity index (χ1) is 17.9. The zero-order chi connectivity index (χ0) is 26.3. The van der Waals surface area contributed by atoms with Gasteiger partial charge < -0.3 is 14.6 Å². The minimum absolute atomic E-state index is 0.00938. The lowest BCUT2D eigenvalue weighted by molar-refractivity contribution is -0.204. The standard InChI is InChI=1S/C28H37NO7S/c1-34-28(31)24-20-36-29-25(13-8-18-37(32,33)22-11-6-3-7-12-22)23(14-15-26(24)29)27(30)16-17-35-19-21-9-4-2-5-10-21/h2-7,9-12,23-27,30H,8,13-20H2,1H3/t23-,24?,25-,26?,27+/m1/s1. The highest BCUT2D eigenvalue weighted by molar-refractivity contribution is 7.91. The first-order valence-corrected chi connectivity index (χ1v) is 14.6. The topological polar surface area (TPSA) is 102 Å². The molecule has 2 aromatic rings. The Hall–Kier alpha value is -2.30. The number of carbonyl (C=O) groups excluding carboxylic acids is 1. The van der Waals surface area contributed by atoms with Crippen LogP contribution in [0, 0.1) is 11.8 Å². The Labute approximate surface area is 219 Å². The van der Waals surface area contributed by atoms with E-state index in [1.54, 1.807) is 30.3 Å². The second kappa shape index (κ2) is 13.0. The van der Waals surface area contributed by atoms with E-state index in [0.29, 0.717) is 50.2 Å². The Morgan fingerprint density at radius 3 is 2.51 bits per heavy atom. The molecule has 8 nitrogen and oxygen atoms in total. The first-order valence-electron chi connectivity index (χ1n) is 13.0. The number of carbonyl (C=O) groups is 1. The van der Waals surface area contributed by atoms with Crippen LogP contribution in [0.4, 0.5) is 0 Å². The van der Waals surface area contributed by atoms with Gasteiger partial charge in [0.05, 0.1) is 49.0 Å². The van der Waals surface area contributed by atoms with Gasteiger partial charge in [-0.2, -0.15) is 5.06 Å². The van der Waals surface area contributed by atoms with Crippen molar-refractivity contribution in [2.75, 3.05) is 26.1 Å². The molecule has 0 aromatic heterocycles. The molecule has 0 saturated carbocycles. The maximum atomic E-state index is 12.8. The van der Waals surface area contributed by atoms with Crippen LogP contribution in [0.5, 0.6) is 0 Å². The number of hydrogen-bond acceptors (Lipinski definition) is 8. The SMILES string of the molecule is COC(=O)C1CON2C1CC[C@@H]([C@@H](O)CCOCc1ccccc1)[C@H]2CCCS(=O)(=O)c1ccccc1. The zero-order valence-electron chi connectivity index (χ0n) is 21.3. The number of hydrogen-bond donors (Lipinski definition) is 1. The highest BCUT2D eigenvalue weighted by Gasteiger charge is 2.49. The Balaban J connectivity index is 1.39. The van der Waals surface area contributed by atoms with Gasteiger partial charge in [0, 0.05) is 18.6 Å². The summed E-state index contributed by atoms with van der Waals surface area (Å²) in [6.07, 6.45) is 2.20. The van der Waals surface area contributed by atoms with Gasteiger partial charge in [-0.1, -0.05) is 48.5 Å². The Kier molecular flexibility index (Phi) is 9.72. The van der Waals surface area contributed by atoms with Crippen LogP contribution in [0.25, 0.3) is 0 Å². The fraction of sp³-hybridized carbons (Fsp3) is 0.536. The predicted molar refractivity (Wildman–Crippen MR) is 138 cm³/mol. The number of hydroxylamine groups is 2. The smallest absolute Gasteiger partial charge is 0.312 e. The fourth-order valence-corrected chi connectivity index (χ4v) is 6.90. The Morgan fingerprint density at radius 2 is 1.81 bits per heavy atom. The van der Waals surface area contributed by atoms with Gasteiger partial charge in [0.15, 0.2) is 9.84 Å². The third-order valence-corrected chi connectivity index (χ3v) is 9.31. The molecule has 2 aliphatic heterocycles.